The predicted molar refractivity (Wildman–Crippen MR) is 83.0 cm³/mol. The van der Waals surface area contributed by atoms with E-state index in [2.05, 4.69) is 20.0 Å². The minimum Gasteiger partial charge on any atom is -0.389 e. The standard InChI is InChI=1S/C15H17F3N6O/c1-22-5-10(6-22)24-4-9(3-19-24)12-2-13(15(16,17)18)21-14(20-12)23-7-11(25)8-23/h2-4,10-11,25H,5-8H2,1H3. The third-order valence-electron chi connectivity index (χ3n) is 4.47. The molecule has 2 fully saturated rings. The van der Waals surface area contributed by atoms with Crippen molar-refractivity contribution in [2.24, 2.45) is 0 Å². The Kier molecular flexibility index (Phi) is 3.69. The van der Waals surface area contributed by atoms with E-state index in [0.29, 0.717) is 5.56 Å². The topological polar surface area (TPSA) is 70.3 Å². The summed E-state index contributed by atoms with van der Waals surface area (Å²) in [6.45, 7) is 2.17. The molecule has 2 aliphatic rings. The molecule has 134 valence electrons. The molecule has 0 aliphatic carbocycles. The van der Waals surface area contributed by atoms with Gasteiger partial charge in [0.05, 0.1) is 24.0 Å². The second-order valence-electron chi connectivity index (χ2n) is 6.58. The van der Waals surface area contributed by atoms with Gasteiger partial charge in [0, 0.05) is 37.9 Å². The van der Waals surface area contributed by atoms with Gasteiger partial charge in [-0.1, -0.05) is 0 Å². The second kappa shape index (κ2) is 5.67. The van der Waals surface area contributed by atoms with Gasteiger partial charge in [0.1, 0.15) is 0 Å². The third kappa shape index (κ3) is 3.07. The number of alkyl halides is 3. The number of anilines is 1. The molecule has 0 saturated carbocycles. The molecule has 2 aromatic rings. The third-order valence-corrected chi connectivity index (χ3v) is 4.47. The fourth-order valence-corrected chi connectivity index (χ4v) is 2.99. The lowest BCUT2D eigenvalue weighted by Gasteiger charge is -2.36. The van der Waals surface area contributed by atoms with E-state index in [4.69, 9.17) is 0 Å². The number of rotatable bonds is 3. The molecule has 10 heteroatoms. The van der Waals surface area contributed by atoms with Gasteiger partial charge in [-0.05, 0) is 13.1 Å². The van der Waals surface area contributed by atoms with Gasteiger partial charge in [0.15, 0.2) is 5.69 Å². The van der Waals surface area contributed by atoms with Crippen molar-refractivity contribution in [3.05, 3.63) is 24.2 Å². The maximum absolute atomic E-state index is 13.2. The molecule has 4 rings (SSSR count). The summed E-state index contributed by atoms with van der Waals surface area (Å²) in [5.41, 5.74) is -0.299. The first-order valence-electron chi connectivity index (χ1n) is 7.92. The normalized spacial score (nSPS) is 19.8. The van der Waals surface area contributed by atoms with E-state index in [1.54, 1.807) is 10.9 Å². The van der Waals surface area contributed by atoms with Crippen LogP contribution in [-0.2, 0) is 6.18 Å². The van der Waals surface area contributed by atoms with E-state index < -0.39 is 18.0 Å². The Labute approximate surface area is 141 Å². The zero-order valence-corrected chi connectivity index (χ0v) is 13.5. The second-order valence-corrected chi connectivity index (χ2v) is 6.58. The summed E-state index contributed by atoms with van der Waals surface area (Å²) in [5.74, 6) is -0.0220. The molecular formula is C15H17F3N6O. The van der Waals surface area contributed by atoms with Crippen molar-refractivity contribution in [2.45, 2.75) is 18.3 Å². The number of aliphatic hydroxyl groups is 1. The van der Waals surface area contributed by atoms with Crippen LogP contribution >= 0.6 is 0 Å². The van der Waals surface area contributed by atoms with E-state index in [1.165, 1.54) is 11.1 Å². The summed E-state index contributed by atoms with van der Waals surface area (Å²) >= 11 is 0. The molecule has 0 amide bonds. The lowest BCUT2D eigenvalue weighted by atomic mass is 10.1. The van der Waals surface area contributed by atoms with E-state index >= 15 is 0 Å². The molecule has 2 aromatic heterocycles. The van der Waals surface area contributed by atoms with E-state index in [9.17, 15) is 18.3 Å². The maximum atomic E-state index is 13.2. The van der Waals surface area contributed by atoms with Gasteiger partial charge in [0.2, 0.25) is 5.95 Å². The number of nitrogens with zero attached hydrogens (tertiary/aromatic N) is 6. The summed E-state index contributed by atoms with van der Waals surface area (Å²) in [6.07, 6.45) is -1.88. The molecular weight excluding hydrogens is 337 g/mol. The molecule has 0 aromatic carbocycles. The summed E-state index contributed by atoms with van der Waals surface area (Å²) in [7, 11) is 1.99. The van der Waals surface area contributed by atoms with Crippen molar-refractivity contribution in [1.82, 2.24) is 24.6 Å². The highest BCUT2D eigenvalue weighted by atomic mass is 19.4. The van der Waals surface area contributed by atoms with Crippen LogP contribution in [0.25, 0.3) is 11.3 Å². The Balaban J connectivity index is 1.67. The Morgan fingerprint density at radius 3 is 2.48 bits per heavy atom. The minimum absolute atomic E-state index is 0.0220. The van der Waals surface area contributed by atoms with Crippen LogP contribution in [0.15, 0.2) is 18.5 Å². The summed E-state index contributed by atoms with van der Waals surface area (Å²) < 4.78 is 41.3. The van der Waals surface area contributed by atoms with Gasteiger partial charge >= 0.3 is 6.18 Å². The van der Waals surface area contributed by atoms with Crippen molar-refractivity contribution in [2.75, 3.05) is 38.1 Å². The highest BCUT2D eigenvalue weighted by Gasteiger charge is 2.36. The van der Waals surface area contributed by atoms with Gasteiger partial charge < -0.3 is 14.9 Å². The van der Waals surface area contributed by atoms with Crippen LogP contribution in [0, 0.1) is 0 Å². The van der Waals surface area contributed by atoms with Gasteiger partial charge in [-0.3, -0.25) is 4.68 Å². The SMILES string of the molecule is CN1CC(n2cc(-c3cc(C(F)(F)F)nc(N4CC(O)C4)n3)cn2)C1. The van der Waals surface area contributed by atoms with Crippen LogP contribution in [0.4, 0.5) is 19.1 Å². The minimum atomic E-state index is -4.57. The summed E-state index contributed by atoms with van der Waals surface area (Å²) in [5, 5.41) is 13.6. The monoisotopic (exact) mass is 354 g/mol. The van der Waals surface area contributed by atoms with Crippen molar-refractivity contribution < 1.29 is 18.3 Å². The molecule has 0 spiro atoms. The van der Waals surface area contributed by atoms with Crippen molar-refractivity contribution in [3.8, 4) is 11.3 Å². The van der Waals surface area contributed by atoms with Crippen LogP contribution < -0.4 is 4.90 Å². The largest absolute Gasteiger partial charge is 0.433 e. The molecule has 7 nitrogen and oxygen atoms in total. The van der Waals surface area contributed by atoms with Gasteiger partial charge in [-0.2, -0.15) is 18.3 Å². The fourth-order valence-electron chi connectivity index (χ4n) is 2.99. The molecule has 1 N–H and O–H groups in total. The average molecular weight is 354 g/mol. The number of likely N-dealkylation sites (tertiary alicyclic amines) is 1. The maximum Gasteiger partial charge on any atom is 0.433 e. The smallest absolute Gasteiger partial charge is 0.389 e. The van der Waals surface area contributed by atoms with E-state index in [-0.39, 0.29) is 30.8 Å². The zero-order chi connectivity index (χ0) is 17.8. The Morgan fingerprint density at radius 1 is 1.16 bits per heavy atom. The first-order valence-corrected chi connectivity index (χ1v) is 7.92. The lowest BCUT2D eigenvalue weighted by molar-refractivity contribution is -0.141. The van der Waals surface area contributed by atoms with Crippen LogP contribution in [-0.4, -0.2) is 69.1 Å². The van der Waals surface area contributed by atoms with E-state index in [1.807, 2.05) is 7.05 Å². The van der Waals surface area contributed by atoms with Crippen molar-refractivity contribution in [1.29, 1.82) is 0 Å². The van der Waals surface area contributed by atoms with Crippen LogP contribution in [0.5, 0.6) is 0 Å². The Morgan fingerprint density at radius 2 is 1.88 bits per heavy atom. The quantitative estimate of drug-likeness (QED) is 0.888. The van der Waals surface area contributed by atoms with Crippen molar-refractivity contribution >= 4 is 5.95 Å². The van der Waals surface area contributed by atoms with E-state index in [0.717, 1.165) is 19.2 Å². The number of likely N-dealkylation sites (N-methyl/N-ethyl adjacent to an activating group) is 1. The molecule has 0 bridgehead atoms. The molecule has 0 atom stereocenters. The number of hydrogen-bond donors (Lipinski definition) is 1. The Hall–Kier alpha value is -2.20. The lowest BCUT2D eigenvalue weighted by Crippen LogP contribution is -2.51. The van der Waals surface area contributed by atoms with Crippen molar-refractivity contribution in [3.63, 3.8) is 0 Å². The molecule has 0 unspecified atom stereocenters. The number of aliphatic hydroxyl groups excluding tert-OH is 1. The predicted octanol–water partition coefficient (Wildman–Crippen LogP) is 1.03. The van der Waals surface area contributed by atoms with Crippen LogP contribution in [0.2, 0.25) is 0 Å². The zero-order valence-electron chi connectivity index (χ0n) is 13.5. The van der Waals surface area contributed by atoms with Gasteiger partial charge in [-0.25, -0.2) is 9.97 Å². The summed E-state index contributed by atoms with van der Waals surface area (Å²) in [4.78, 5) is 11.5. The fraction of sp³-hybridized carbons (Fsp3) is 0.533. The first kappa shape index (κ1) is 16.3. The Bertz CT molecular complexity index is 780. The number of hydrogen-bond acceptors (Lipinski definition) is 6. The molecule has 4 heterocycles. The molecule has 2 saturated heterocycles. The summed E-state index contributed by atoms with van der Waals surface area (Å²) in [6, 6.07) is 1.17. The van der Waals surface area contributed by atoms with Crippen LogP contribution in [0.3, 0.4) is 0 Å². The van der Waals surface area contributed by atoms with Gasteiger partial charge in [0.25, 0.3) is 0 Å². The average Bonchev–Trinajstić information content (AvgIpc) is 2.97. The highest BCUT2D eigenvalue weighted by molar-refractivity contribution is 5.60. The molecule has 25 heavy (non-hydrogen) atoms. The number of β-amino-alcohol motifs (C(OH)–C–C–N with tert-alkyl or cyclic N) is 1. The number of halogens is 3. The molecule has 0 radical (unpaired) electrons. The first-order chi connectivity index (χ1) is 11.8. The van der Waals surface area contributed by atoms with Gasteiger partial charge in [-0.15, -0.1) is 0 Å². The number of aromatic nitrogens is 4. The molecule has 2 aliphatic heterocycles. The van der Waals surface area contributed by atoms with Crippen LogP contribution in [0.1, 0.15) is 11.7 Å². The highest BCUT2D eigenvalue weighted by Crippen LogP contribution is 2.33.